The lowest BCUT2D eigenvalue weighted by Gasteiger charge is -2.32. The van der Waals surface area contributed by atoms with Crippen LogP contribution in [0.1, 0.15) is 6.92 Å². The zero-order valence-electron chi connectivity index (χ0n) is 8.94. The molecule has 2 rings (SSSR count). The minimum absolute atomic E-state index is 0.0483. The number of rotatable bonds is 1. The number of anilines is 1. The number of nitrogens with two attached hydrogens (primary N) is 1. The molecular weight excluding hydrogens is 227 g/mol. The van der Waals surface area contributed by atoms with E-state index >= 15 is 0 Å². The summed E-state index contributed by atoms with van der Waals surface area (Å²) >= 11 is 1.65. The fourth-order valence-corrected chi connectivity index (χ4v) is 2.85. The van der Waals surface area contributed by atoms with Crippen LogP contribution in [0.5, 0.6) is 0 Å². The lowest BCUT2D eigenvalue weighted by molar-refractivity contribution is -0.117. The van der Waals surface area contributed by atoms with Crippen molar-refractivity contribution in [2.24, 2.45) is 5.73 Å². The predicted molar refractivity (Wildman–Crippen MR) is 63.1 cm³/mol. The van der Waals surface area contributed by atoms with Crippen molar-refractivity contribution in [1.82, 2.24) is 0 Å². The van der Waals surface area contributed by atoms with Gasteiger partial charge in [-0.2, -0.15) is 0 Å². The normalized spacial score (nSPS) is 19.4. The van der Waals surface area contributed by atoms with Gasteiger partial charge in [-0.3, -0.25) is 4.79 Å². The summed E-state index contributed by atoms with van der Waals surface area (Å²) in [5.41, 5.74) is 5.99. The fraction of sp³-hybridized carbons (Fsp3) is 0.364. The largest absolute Gasteiger partial charge is 0.322 e. The molecule has 86 valence electrons. The molecule has 0 spiro atoms. The van der Waals surface area contributed by atoms with Crippen LogP contribution in [0.3, 0.4) is 0 Å². The molecule has 0 saturated carbocycles. The molecule has 3 nitrogen and oxygen atoms in total. The molecule has 5 heteroatoms. The molecule has 1 aliphatic rings. The topological polar surface area (TPSA) is 46.3 Å². The maximum absolute atomic E-state index is 13.2. The van der Waals surface area contributed by atoms with Crippen molar-refractivity contribution >= 4 is 23.4 Å². The third-order valence-electron chi connectivity index (χ3n) is 2.46. The van der Waals surface area contributed by atoms with Gasteiger partial charge < -0.3 is 10.6 Å². The molecule has 0 bridgehead atoms. The average Bonchev–Trinajstić information content (AvgIpc) is 2.27. The van der Waals surface area contributed by atoms with Crippen molar-refractivity contribution in [3.8, 4) is 0 Å². The van der Waals surface area contributed by atoms with Crippen molar-refractivity contribution in [1.29, 1.82) is 0 Å². The molecule has 0 aliphatic carbocycles. The van der Waals surface area contributed by atoms with Gasteiger partial charge in [-0.1, -0.05) is 6.92 Å². The van der Waals surface area contributed by atoms with Crippen molar-refractivity contribution in [2.45, 2.75) is 17.1 Å². The molecule has 16 heavy (non-hydrogen) atoms. The number of benzene rings is 1. The number of amides is 1. The quantitative estimate of drug-likeness (QED) is 0.811. The minimum Gasteiger partial charge on any atom is -0.322 e. The third kappa shape index (κ3) is 2.05. The van der Waals surface area contributed by atoms with Gasteiger partial charge in [0, 0.05) is 16.7 Å². The highest BCUT2D eigenvalue weighted by molar-refractivity contribution is 8.00. The summed E-state index contributed by atoms with van der Waals surface area (Å²) in [7, 11) is 0. The van der Waals surface area contributed by atoms with Crippen LogP contribution in [-0.4, -0.2) is 24.2 Å². The Bertz CT molecular complexity index is 424. The maximum Gasteiger partial charge on any atom is 0.240 e. The van der Waals surface area contributed by atoms with E-state index in [1.165, 1.54) is 12.1 Å². The zero-order valence-corrected chi connectivity index (χ0v) is 9.76. The first-order valence-electron chi connectivity index (χ1n) is 5.08. The van der Waals surface area contributed by atoms with E-state index < -0.39 is 0 Å². The van der Waals surface area contributed by atoms with E-state index in [-0.39, 0.29) is 18.3 Å². The summed E-state index contributed by atoms with van der Waals surface area (Å²) in [5, 5.41) is 0.300. The first-order valence-corrected chi connectivity index (χ1v) is 5.96. The van der Waals surface area contributed by atoms with Gasteiger partial charge >= 0.3 is 0 Å². The molecule has 1 aromatic carbocycles. The number of nitrogens with zero attached hydrogens (tertiary/aromatic N) is 1. The van der Waals surface area contributed by atoms with Crippen LogP contribution >= 0.6 is 11.8 Å². The molecular formula is C11H13FN2OS. The number of hydrogen-bond donors (Lipinski definition) is 1. The van der Waals surface area contributed by atoms with Crippen molar-refractivity contribution in [2.75, 3.05) is 18.0 Å². The highest BCUT2D eigenvalue weighted by Gasteiger charge is 2.26. The molecule has 1 atom stereocenters. The van der Waals surface area contributed by atoms with Gasteiger partial charge in [-0.05, 0) is 18.2 Å². The van der Waals surface area contributed by atoms with Crippen LogP contribution in [0.2, 0.25) is 0 Å². The number of halogens is 1. The second-order valence-corrected chi connectivity index (χ2v) is 5.23. The first kappa shape index (κ1) is 11.4. The number of hydrogen-bond acceptors (Lipinski definition) is 3. The van der Waals surface area contributed by atoms with E-state index in [9.17, 15) is 9.18 Å². The van der Waals surface area contributed by atoms with E-state index in [0.717, 1.165) is 4.90 Å². The molecule has 1 aliphatic heterocycles. The SMILES string of the molecule is CC1CN(C(=O)CN)c2cc(F)ccc2S1. The van der Waals surface area contributed by atoms with Gasteiger partial charge in [-0.25, -0.2) is 4.39 Å². The van der Waals surface area contributed by atoms with Crippen LogP contribution in [-0.2, 0) is 4.79 Å². The van der Waals surface area contributed by atoms with Gasteiger partial charge in [0.2, 0.25) is 5.91 Å². The highest BCUT2D eigenvalue weighted by Crippen LogP contribution is 2.38. The van der Waals surface area contributed by atoms with Crippen molar-refractivity contribution in [3.63, 3.8) is 0 Å². The van der Waals surface area contributed by atoms with Crippen molar-refractivity contribution < 1.29 is 9.18 Å². The highest BCUT2D eigenvalue weighted by atomic mass is 32.2. The number of fused-ring (bicyclic) bond motifs is 1. The maximum atomic E-state index is 13.2. The molecule has 1 unspecified atom stereocenters. The molecule has 1 amide bonds. The van der Waals surface area contributed by atoms with Crippen LogP contribution < -0.4 is 10.6 Å². The third-order valence-corrected chi connectivity index (χ3v) is 3.61. The second-order valence-electron chi connectivity index (χ2n) is 3.75. The summed E-state index contributed by atoms with van der Waals surface area (Å²) in [6, 6.07) is 4.51. The molecule has 0 saturated heterocycles. The first-order chi connectivity index (χ1) is 7.61. The summed E-state index contributed by atoms with van der Waals surface area (Å²) < 4.78 is 13.2. The van der Waals surface area contributed by atoms with Crippen LogP contribution in [0.15, 0.2) is 23.1 Å². The number of carbonyl (C=O) groups excluding carboxylic acids is 1. The lowest BCUT2D eigenvalue weighted by Crippen LogP contribution is -2.42. The molecule has 2 N–H and O–H groups in total. The summed E-state index contributed by atoms with van der Waals surface area (Å²) in [5.74, 6) is -0.497. The Labute approximate surface area is 97.8 Å². The van der Waals surface area contributed by atoms with E-state index in [1.807, 2.05) is 6.92 Å². The van der Waals surface area contributed by atoms with E-state index in [0.29, 0.717) is 17.5 Å². The van der Waals surface area contributed by atoms with Gasteiger partial charge in [0.1, 0.15) is 5.82 Å². The Hall–Kier alpha value is -1.07. The van der Waals surface area contributed by atoms with Crippen LogP contribution in [0.4, 0.5) is 10.1 Å². The van der Waals surface area contributed by atoms with E-state index in [1.54, 1.807) is 22.7 Å². The van der Waals surface area contributed by atoms with Crippen molar-refractivity contribution in [3.05, 3.63) is 24.0 Å². The molecule has 0 radical (unpaired) electrons. The molecule has 1 heterocycles. The van der Waals surface area contributed by atoms with Gasteiger partial charge in [-0.15, -0.1) is 11.8 Å². The van der Waals surface area contributed by atoms with E-state index in [4.69, 9.17) is 5.73 Å². The Morgan fingerprint density at radius 1 is 1.69 bits per heavy atom. The fourth-order valence-electron chi connectivity index (χ4n) is 1.76. The Morgan fingerprint density at radius 2 is 2.44 bits per heavy atom. The molecule has 0 fully saturated rings. The Morgan fingerprint density at radius 3 is 3.12 bits per heavy atom. The predicted octanol–water partition coefficient (Wildman–Crippen LogP) is 1.61. The summed E-state index contributed by atoms with van der Waals surface area (Å²) in [6.07, 6.45) is 0. The summed E-state index contributed by atoms with van der Waals surface area (Å²) in [6.45, 7) is 2.57. The standard InChI is InChI=1S/C11H13FN2OS/c1-7-6-14(11(15)5-13)9-4-8(12)2-3-10(9)16-7/h2-4,7H,5-6,13H2,1H3. The summed E-state index contributed by atoms with van der Waals surface area (Å²) in [4.78, 5) is 14.2. The zero-order chi connectivity index (χ0) is 11.7. The molecule has 1 aromatic rings. The van der Waals surface area contributed by atoms with Gasteiger partial charge in [0.05, 0.1) is 12.2 Å². The smallest absolute Gasteiger partial charge is 0.240 e. The monoisotopic (exact) mass is 240 g/mol. The average molecular weight is 240 g/mol. The second kappa shape index (κ2) is 4.43. The van der Waals surface area contributed by atoms with Gasteiger partial charge in [0.25, 0.3) is 0 Å². The lowest BCUT2D eigenvalue weighted by atomic mass is 10.2. The minimum atomic E-state index is -0.330. The van der Waals surface area contributed by atoms with Gasteiger partial charge in [0.15, 0.2) is 0 Å². The number of thioether (sulfide) groups is 1. The Kier molecular flexibility index (Phi) is 3.16. The van der Waals surface area contributed by atoms with Crippen LogP contribution in [0, 0.1) is 5.82 Å². The van der Waals surface area contributed by atoms with Crippen LogP contribution in [0.25, 0.3) is 0 Å². The van der Waals surface area contributed by atoms with E-state index in [2.05, 4.69) is 0 Å². The molecule has 0 aromatic heterocycles. The Balaban J connectivity index is 2.43. The number of carbonyl (C=O) groups is 1.